The number of hydrogen-bond donors (Lipinski definition) is 1. The predicted molar refractivity (Wildman–Crippen MR) is 73.1 cm³/mol. The third kappa shape index (κ3) is 2.78. The number of benzene rings is 1. The van der Waals surface area contributed by atoms with Crippen LogP contribution in [-0.4, -0.2) is 15.7 Å². The Bertz CT molecular complexity index is 764. The van der Waals surface area contributed by atoms with Gasteiger partial charge in [0.25, 0.3) is 5.56 Å². The molecule has 1 aromatic heterocycles. The molecule has 1 N–H and O–H groups in total. The van der Waals surface area contributed by atoms with Crippen molar-refractivity contribution in [2.45, 2.75) is 20.0 Å². The van der Waals surface area contributed by atoms with Crippen molar-refractivity contribution in [1.82, 2.24) is 9.55 Å². The summed E-state index contributed by atoms with van der Waals surface area (Å²) in [6.45, 7) is 3.83. The molecule has 102 valence electrons. The molecule has 0 aliphatic carbocycles. The summed E-state index contributed by atoms with van der Waals surface area (Å²) in [4.78, 5) is 25.2. The molecule has 0 amide bonds. The van der Waals surface area contributed by atoms with Gasteiger partial charge < -0.3 is 4.74 Å². The maximum Gasteiger partial charge on any atom is 0.332 e. The Morgan fingerprint density at radius 1 is 1.25 bits per heavy atom. The van der Waals surface area contributed by atoms with Gasteiger partial charge in [-0.25, -0.2) is 4.79 Å². The second-order valence-electron chi connectivity index (χ2n) is 4.44. The molecule has 0 saturated carbocycles. The molecule has 0 radical (unpaired) electrons. The van der Waals surface area contributed by atoms with Crippen LogP contribution in [0.25, 0.3) is 5.69 Å². The summed E-state index contributed by atoms with van der Waals surface area (Å²) in [5.74, 6) is 0.682. The summed E-state index contributed by atoms with van der Waals surface area (Å²) in [6.07, 6.45) is 1.28. The van der Waals surface area contributed by atoms with E-state index in [0.29, 0.717) is 11.4 Å². The number of H-pyrrole nitrogens is 1. The molecular weight excluding hydrogens is 258 g/mol. The van der Waals surface area contributed by atoms with Crippen molar-refractivity contribution >= 4 is 0 Å². The SMILES string of the molecule is CC(C)Oc1ccc(-n2cc(C#N)c(=O)[nH]c2=O)cc1. The van der Waals surface area contributed by atoms with E-state index in [-0.39, 0.29) is 11.7 Å². The monoisotopic (exact) mass is 271 g/mol. The highest BCUT2D eigenvalue weighted by Gasteiger charge is 2.06. The summed E-state index contributed by atoms with van der Waals surface area (Å²) in [5.41, 5.74) is -0.856. The summed E-state index contributed by atoms with van der Waals surface area (Å²) < 4.78 is 6.71. The van der Waals surface area contributed by atoms with Gasteiger partial charge in [-0.15, -0.1) is 0 Å². The van der Waals surface area contributed by atoms with Gasteiger partial charge >= 0.3 is 5.69 Å². The van der Waals surface area contributed by atoms with Gasteiger partial charge in [0.05, 0.1) is 11.8 Å². The van der Waals surface area contributed by atoms with Crippen LogP contribution in [0.15, 0.2) is 40.1 Å². The lowest BCUT2D eigenvalue weighted by Gasteiger charge is -2.10. The zero-order valence-corrected chi connectivity index (χ0v) is 11.1. The van der Waals surface area contributed by atoms with Crippen LogP contribution in [0.5, 0.6) is 5.75 Å². The Labute approximate surface area is 114 Å². The molecule has 6 nitrogen and oxygen atoms in total. The number of nitrogens with zero attached hydrogens (tertiary/aromatic N) is 2. The fourth-order valence-corrected chi connectivity index (χ4v) is 1.70. The molecule has 2 rings (SSSR count). The maximum atomic E-state index is 11.7. The van der Waals surface area contributed by atoms with Gasteiger partial charge in [0.1, 0.15) is 17.4 Å². The van der Waals surface area contributed by atoms with Gasteiger partial charge in [0, 0.05) is 6.20 Å². The van der Waals surface area contributed by atoms with Crippen LogP contribution in [0, 0.1) is 11.3 Å². The Balaban J connectivity index is 2.45. The standard InChI is InChI=1S/C14H13N3O3/c1-9(2)20-12-5-3-11(4-6-12)17-8-10(7-15)13(18)16-14(17)19/h3-6,8-9H,1-2H3,(H,16,18,19). The molecule has 1 aromatic carbocycles. The summed E-state index contributed by atoms with van der Waals surface area (Å²) >= 11 is 0. The molecule has 0 spiro atoms. The van der Waals surface area contributed by atoms with E-state index in [9.17, 15) is 9.59 Å². The van der Waals surface area contributed by atoms with Crippen LogP contribution in [0.4, 0.5) is 0 Å². The van der Waals surface area contributed by atoms with Gasteiger partial charge in [-0.2, -0.15) is 5.26 Å². The maximum absolute atomic E-state index is 11.7. The summed E-state index contributed by atoms with van der Waals surface area (Å²) in [5, 5.41) is 8.82. The largest absolute Gasteiger partial charge is 0.491 e. The number of nitrogens with one attached hydrogen (secondary N) is 1. The smallest absolute Gasteiger partial charge is 0.332 e. The van der Waals surface area contributed by atoms with Gasteiger partial charge in [0.15, 0.2) is 0 Å². The van der Waals surface area contributed by atoms with Crippen molar-refractivity contribution in [3.63, 3.8) is 0 Å². The van der Waals surface area contributed by atoms with Crippen LogP contribution in [0.1, 0.15) is 19.4 Å². The number of hydrogen-bond acceptors (Lipinski definition) is 4. The fraction of sp³-hybridized carbons (Fsp3) is 0.214. The molecule has 0 aliphatic heterocycles. The summed E-state index contributed by atoms with van der Waals surface area (Å²) in [7, 11) is 0. The Morgan fingerprint density at radius 2 is 1.90 bits per heavy atom. The lowest BCUT2D eigenvalue weighted by atomic mass is 10.3. The molecule has 0 aliphatic rings. The second kappa shape index (κ2) is 5.45. The molecule has 0 saturated heterocycles. The van der Waals surface area contributed by atoms with E-state index in [4.69, 9.17) is 10.00 Å². The third-order valence-corrected chi connectivity index (χ3v) is 2.55. The zero-order chi connectivity index (χ0) is 14.7. The van der Waals surface area contributed by atoms with Gasteiger partial charge in [0.2, 0.25) is 0 Å². The molecule has 0 bridgehead atoms. The van der Waals surface area contributed by atoms with E-state index in [0.717, 1.165) is 0 Å². The first-order valence-electron chi connectivity index (χ1n) is 6.04. The molecule has 2 aromatic rings. The Hall–Kier alpha value is -2.81. The highest BCUT2D eigenvalue weighted by atomic mass is 16.5. The number of aromatic nitrogens is 2. The summed E-state index contributed by atoms with van der Waals surface area (Å²) in [6, 6.07) is 8.54. The predicted octanol–water partition coefficient (Wildman–Crippen LogP) is 1.18. The van der Waals surface area contributed by atoms with Crippen molar-refractivity contribution in [3.05, 3.63) is 56.9 Å². The van der Waals surface area contributed by atoms with Crippen molar-refractivity contribution in [1.29, 1.82) is 5.26 Å². The van der Waals surface area contributed by atoms with E-state index >= 15 is 0 Å². The molecule has 20 heavy (non-hydrogen) atoms. The number of ether oxygens (including phenoxy) is 1. The minimum Gasteiger partial charge on any atom is -0.491 e. The third-order valence-electron chi connectivity index (χ3n) is 2.55. The van der Waals surface area contributed by atoms with Gasteiger partial charge in [-0.3, -0.25) is 14.3 Å². The molecule has 1 heterocycles. The highest BCUT2D eigenvalue weighted by molar-refractivity contribution is 5.38. The molecule has 6 heteroatoms. The average Bonchev–Trinajstić information content (AvgIpc) is 2.39. The minimum atomic E-state index is -0.687. The van der Waals surface area contributed by atoms with Crippen molar-refractivity contribution in [3.8, 4) is 17.5 Å². The average molecular weight is 271 g/mol. The topological polar surface area (TPSA) is 87.9 Å². The lowest BCUT2D eigenvalue weighted by Crippen LogP contribution is -2.30. The van der Waals surface area contributed by atoms with Gasteiger partial charge in [-0.05, 0) is 38.1 Å². The van der Waals surface area contributed by atoms with Crippen LogP contribution in [-0.2, 0) is 0 Å². The number of rotatable bonds is 3. The molecular formula is C14H13N3O3. The lowest BCUT2D eigenvalue weighted by molar-refractivity contribution is 0.242. The first kappa shape index (κ1) is 13.6. The second-order valence-corrected chi connectivity index (χ2v) is 4.44. The van der Waals surface area contributed by atoms with E-state index in [1.165, 1.54) is 10.8 Å². The van der Waals surface area contributed by atoms with E-state index in [1.807, 2.05) is 13.8 Å². The number of aromatic amines is 1. The Morgan fingerprint density at radius 3 is 2.45 bits per heavy atom. The quantitative estimate of drug-likeness (QED) is 0.908. The van der Waals surface area contributed by atoms with Gasteiger partial charge in [-0.1, -0.05) is 0 Å². The molecule has 0 fully saturated rings. The fourth-order valence-electron chi connectivity index (χ4n) is 1.70. The van der Waals surface area contributed by atoms with E-state index in [2.05, 4.69) is 4.98 Å². The van der Waals surface area contributed by atoms with Crippen LogP contribution < -0.4 is 16.0 Å². The van der Waals surface area contributed by atoms with Crippen molar-refractivity contribution in [2.24, 2.45) is 0 Å². The number of nitriles is 1. The molecule has 0 unspecified atom stereocenters. The normalized spacial score (nSPS) is 10.3. The van der Waals surface area contributed by atoms with E-state index in [1.54, 1.807) is 30.3 Å². The first-order valence-corrected chi connectivity index (χ1v) is 6.04. The van der Waals surface area contributed by atoms with Crippen LogP contribution >= 0.6 is 0 Å². The zero-order valence-electron chi connectivity index (χ0n) is 11.1. The van der Waals surface area contributed by atoms with Crippen molar-refractivity contribution in [2.75, 3.05) is 0 Å². The highest BCUT2D eigenvalue weighted by Crippen LogP contribution is 2.15. The molecule has 0 atom stereocenters. The van der Waals surface area contributed by atoms with Crippen LogP contribution in [0.2, 0.25) is 0 Å². The first-order chi connectivity index (χ1) is 9.51. The van der Waals surface area contributed by atoms with Crippen LogP contribution in [0.3, 0.4) is 0 Å². The minimum absolute atomic E-state index is 0.0573. The van der Waals surface area contributed by atoms with E-state index < -0.39 is 11.2 Å². The van der Waals surface area contributed by atoms with Crippen molar-refractivity contribution < 1.29 is 4.74 Å². The Kier molecular flexibility index (Phi) is 3.71.